The predicted molar refractivity (Wildman–Crippen MR) is 139 cm³/mol. The fraction of sp³-hybridized carbons (Fsp3) is 0.348. The van der Waals surface area contributed by atoms with Crippen LogP contribution in [0.1, 0.15) is 19.4 Å². The summed E-state index contributed by atoms with van der Waals surface area (Å²) >= 11 is 2.81. The molecule has 0 unspecified atom stereocenters. The van der Waals surface area contributed by atoms with Crippen molar-refractivity contribution in [3.05, 3.63) is 48.0 Å². The van der Waals surface area contributed by atoms with Crippen LogP contribution in [0.3, 0.4) is 0 Å². The van der Waals surface area contributed by atoms with Gasteiger partial charge in [-0.25, -0.2) is 8.42 Å². The number of benzene rings is 2. The lowest BCUT2D eigenvalue weighted by Gasteiger charge is -2.24. The van der Waals surface area contributed by atoms with Crippen molar-refractivity contribution in [2.24, 2.45) is 5.92 Å². The summed E-state index contributed by atoms with van der Waals surface area (Å²) in [6.07, 6.45) is 0. The highest BCUT2D eigenvalue weighted by Gasteiger charge is 2.28. The summed E-state index contributed by atoms with van der Waals surface area (Å²) < 4.78 is 39.5. The number of carbonyl (C=O) groups is 1. The zero-order chi connectivity index (χ0) is 25.6. The molecule has 2 aromatic carbocycles. The van der Waals surface area contributed by atoms with E-state index in [1.54, 1.807) is 36.0 Å². The van der Waals surface area contributed by atoms with Gasteiger partial charge in [0.2, 0.25) is 11.0 Å². The Morgan fingerprint density at radius 1 is 1.09 bits per heavy atom. The zero-order valence-corrected chi connectivity index (χ0v) is 22.6. The number of methoxy groups -OCH3 is 2. The number of ether oxygens (including phenoxy) is 2. The molecule has 3 rings (SSSR count). The van der Waals surface area contributed by atoms with Gasteiger partial charge in [0, 0.05) is 11.8 Å². The number of nitrogens with zero attached hydrogens (tertiary/aromatic N) is 3. The topological polar surface area (TPSA) is 111 Å². The van der Waals surface area contributed by atoms with Crippen LogP contribution in [-0.2, 0) is 14.8 Å². The smallest absolute Gasteiger partial charge is 0.264 e. The van der Waals surface area contributed by atoms with Crippen LogP contribution in [0.2, 0.25) is 0 Å². The normalized spacial score (nSPS) is 11.4. The summed E-state index contributed by atoms with van der Waals surface area (Å²) in [6, 6.07) is 11.1. The molecule has 0 aliphatic rings. The lowest BCUT2D eigenvalue weighted by atomic mass is 10.2. The number of anilines is 2. The highest BCUT2D eigenvalue weighted by Crippen LogP contribution is 2.34. The van der Waals surface area contributed by atoms with Gasteiger partial charge in [0.05, 0.1) is 24.8 Å². The summed E-state index contributed by atoms with van der Waals surface area (Å²) in [5.41, 5.74) is 1.17. The number of aromatic nitrogens is 2. The second kappa shape index (κ2) is 11.7. The van der Waals surface area contributed by atoms with Crippen molar-refractivity contribution in [2.45, 2.75) is 30.0 Å². The Balaban J connectivity index is 1.90. The first-order valence-corrected chi connectivity index (χ1v) is 14.0. The van der Waals surface area contributed by atoms with Crippen molar-refractivity contribution in [1.29, 1.82) is 0 Å². The van der Waals surface area contributed by atoms with Gasteiger partial charge in [-0.3, -0.25) is 14.4 Å². The first-order valence-electron chi connectivity index (χ1n) is 10.7. The fourth-order valence-electron chi connectivity index (χ4n) is 2.98. The van der Waals surface area contributed by atoms with E-state index in [0.29, 0.717) is 22.5 Å². The molecule has 0 saturated carbocycles. The van der Waals surface area contributed by atoms with Crippen LogP contribution in [0.5, 0.6) is 11.5 Å². The van der Waals surface area contributed by atoms with E-state index < -0.39 is 22.5 Å². The maximum atomic E-state index is 13.6. The molecule has 0 aliphatic heterocycles. The Kier molecular flexibility index (Phi) is 8.98. The number of hydrogen-bond donors (Lipinski definition) is 1. The van der Waals surface area contributed by atoms with E-state index in [4.69, 9.17) is 9.47 Å². The zero-order valence-electron chi connectivity index (χ0n) is 20.1. The summed E-state index contributed by atoms with van der Waals surface area (Å²) in [4.78, 5) is 13.0. The minimum absolute atomic E-state index is 0.0639. The standard InChI is InChI=1S/C23H28N4O5S3/c1-15(2)14-33-23-26-25-22(34-23)24-21(28)13-27(17-8-11-19(31-4)20(12-17)32-5)35(29,30)18-9-6-16(3)7-10-18/h6-12,15H,13-14H2,1-5H3,(H,24,25,28). The van der Waals surface area contributed by atoms with E-state index in [1.807, 2.05) is 6.92 Å². The van der Waals surface area contributed by atoms with Crippen molar-refractivity contribution < 1.29 is 22.7 Å². The van der Waals surface area contributed by atoms with Gasteiger partial charge in [-0.1, -0.05) is 54.6 Å². The molecule has 9 nitrogen and oxygen atoms in total. The van der Waals surface area contributed by atoms with Crippen molar-refractivity contribution in [1.82, 2.24) is 10.2 Å². The maximum absolute atomic E-state index is 13.6. The van der Waals surface area contributed by atoms with Gasteiger partial charge in [0.15, 0.2) is 15.8 Å². The van der Waals surface area contributed by atoms with E-state index in [0.717, 1.165) is 20.0 Å². The van der Waals surface area contributed by atoms with Crippen molar-refractivity contribution >= 4 is 49.8 Å². The third-order valence-corrected chi connectivity index (χ3v) is 8.93. The van der Waals surface area contributed by atoms with Gasteiger partial charge in [0.25, 0.3) is 10.0 Å². The number of carbonyl (C=O) groups excluding carboxylic acids is 1. The van der Waals surface area contributed by atoms with Crippen LogP contribution in [0.4, 0.5) is 10.8 Å². The molecular formula is C23H28N4O5S3. The van der Waals surface area contributed by atoms with E-state index in [1.165, 1.54) is 43.8 Å². The molecular weight excluding hydrogens is 508 g/mol. The van der Waals surface area contributed by atoms with Gasteiger partial charge in [-0.15, -0.1) is 10.2 Å². The molecule has 1 aromatic heterocycles. The number of rotatable bonds is 11. The Morgan fingerprint density at radius 2 is 1.77 bits per heavy atom. The van der Waals surface area contributed by atoms with Crippen LogP contribution in [-0.4, -0.2) is 51.0 Å². The largest absolute Gasteiger partial charge is 0.493 e. The molecule has 188 valence electrons. The van der Waals surface area contributed by atoms with Crippen molar-refractivity contribution in [3.8, 4) is 11.5 Å². The van der Waals surface area contributed by atoms with Crippen LogP contribution >= 0.6 is 23.1 Å². The average molecular weight is 537 g/mol. The number of sulfonamides is 1. The fourth-order valence-corrected chi connectivity index (χ4v) is 6.14. The first-order chi connectivity index (χ1) is 16.6. The van der Waals surface area contributed by atoms with Gasteiger partial charge in [-0.05, 0) is 37.1 Å². The molecule has 0 spiro atoms. The number of thioether (sulfide) groups is 1. The van der Waals surface area contributed by atoms with Gasteiger partial charge < -0.3 is 9.47 Å². The summed E-state index contributed by atoms with van der Waals surface area (Å²) in [5, 5.41) is 11.1. The molecule has 1 N–H and O–H groups in total. The lowest BCUT2D eigenvalue weighted by Crippen LogP contribution is -2.38. The third kappa shape index (κ3) is 6.86. The van der Waals surface area contributed by atoms with Gasteiger partial charge >= 0.3 is 0 Å². The Hall–Kier alpha value is -2.83. The van der Waals surface area contributed by atoms with E-state index in [-0.39, 0.29) is 10.6 Å². The quantitative estimate of drug-likeness (QED) is 0.283. The molecule has 0 radical (unpaired) electrons. The Labute approximate surface area is 213 Å². The summed E-state index contributed by atoms with van der Waals surface area (Å²) in [5.74, 6) is 1.60. The van der Waals surface area contributed by atoms with Crippen LogP contribution < -0.4 is 19.1 Å². The average Bonchev–Trinajstić information content (AvgIpc) is 3.28. The molecule has 0 atom stereocenters. The molecule has 3 aromatic rings. The molecule has 0 bridgehead atoms. The van der Waals surface area contributed by atoms with E-state index in [2.05, 4.69) is 29.4 Å². The van der Waals surface area contributed by atoms with Gasteiger partial charge in [-0.2, -0.15) is 0 Å². The maximum Gasteiger partial charge on any atom is 0.264 e. The van der Waals surface area contributed by atoms with Crippen molar-refractivity contribution in [3.63, 3.8) is 0 Å². The number of aryl methyl sites for hydroxylation is 1. The first kappa shape index (κ1) is 26.8. The van der Waals surface area contributed by atoms with Crippen LogP contribution in [0, 0.1) is 12.8 Å². The molecule has 12 heteroatoms. The second-order valence-corrected chi connectivity index (χ2v) is 12.1. The highest BCUT2D eigenvalue weighted by atomic mass is 32.2. The van der Waals surface area contributed by atoms with E-state index in [9.17, 15) is 13.2 Å². The van der Waals surface area contributed by atoms with Crippen LogP contribution in [0.15, 0.2) is 51.7 Å². The Morgan fingerprint density at radius 3 is 2.40 bits per heavy atom. The predicted octanol–water partition coefficient (Wildman–Crippen LogP) is 4.45. The molecule has 0 aliphatic carbocycles. The van der Waals surface area contributed by atoms with Gasteiger partial charge in [0.1, 0.15) is 6.54 Å². The molecule has 1 heterocycles. The number of hydrogen-bond acceptors (Lipinski definition) is 9. The Bertz CT molecular complexity index is 1260. The third-order valence-electron chi connectivity index (χ3n) is 4.74. The van der Waals surface area contributed by atoms with E-state index >= 15 is 0 Å². The highest BCUT2D eigenvalue weighted by molar-refractivity contribution is 8.01. The monoisotopic (exact) mass is 536 g/mol. The lowest BCUT2D eigenvalue weighted by molar-refractivity contribution is -0.114. The number of amides is 1. The summed E-state index contributed by atoms with van der Waals surface area (Å²) in [6.45, 7) is 5.60. The minimum atomic E-state index is -4.08. The second-order valence-electron chi connectivity index (χ2n) is 7.99. The van der Waals surface area contributed by atoms with Crippen molar-refractivity contribution in [2.75, 3.05) is 36.1 Å². The molecule has 0 fully saturated rings. The molecule has 0 saturated heterocycles. The summed E-state index contributed by atoms with van der Waals surface area (Å²) in [7, 11) is -1.13. The minimum Gasteiger partial charge on any atom is -0.493 e. The van der Waals surface area contributed by atoms with Crippen LogP contribution in [0.25, 0.3) is 0 Å². The SMILES string of the molecule is COc1ccc(N(CC(=O)Nc2nnc(SCC(C)C)s2)S(=O)(=O)c2ccc(C)cc2)cc1OC. The molecule has 35 heavy (non-hydrogen) atoms. The molecule has 1 amide bonds. The number of nitrogens with one attached hydrogen (secondary N) is 1.